The largest absolute Gasteiger partial charge is 0.465 e. The lowest BCUT2D eigenvalue weighted by molar-refractivity contribution is 0.0602. The number of ether oxygens (including phenoxy) is 1. The molecule has 2 N–H and O–H groups in total. The SMILES string of the molecule is COC(=O)c1ccccc1NC(=O)NN1CCCCCC1. The van der Waals surface area contributed by atoms with E-state index < -0.39 is 5.97 Å². The Kier molecular flexibility index (Phi) is 5.57. The highest BCUT2D eigenvalue weighted by molar-refractivity contribution is 6.00. The first-order valence-corrected chi connectivity index (χ1v) is 7.20. The van der Waals surface area contributed by atoms with E-state index in [0.29, 0.717) is 11.3 Å². The third-order valence-electron chi connectivity index (χ3n) is 3.45. The van der Waals surface area contributed by atoms with E-state index >= 15 is 0 Å². The molecule has 0 unspecified atom stereocenters. The van der Waals surface area contributed by atoms with Crippen LogP contribution in [-0.2, 0) is 4.74 Å². The van der Waals surface area contributed by atoms with Gasteiger partial charge in [-0.05, 0) is 25.0 Å². The van der Waals surface area contributed by atoms with E-state index in [-0.39, 0.29) is 6.03 Å². The van der Waals surface area contributed by atoms with Gasteiger partial charge in [0, 0.05) is 13.1 Å². The number of anilines is 1. The molecule has 1 fully saturated rings. The fourth-order valence-electron chi connectivity index (χ4n) is 2.36. The number of esters is 1. The van der Waals surface area contributed by atoms with Gasteiger partial charge in [0.15, 0.2) is 0 Å². The number of methoxy groups -OCH3 is 1. The van der Waals surface area contributed by atoms with Crippen LogP contribution in [0.3, 0.4) is 0 Å². The van der Waals surface area contributed by atoms with Gasteiger partial charge >= 0.3 is 12.0 Å². The van der Waals surface area contributed by atoms with E-state index in [4.69, 9.17) is 4.74 Å². The van der Waals surface area contributed by atoms with Crippen molar-refractivity contribution in [2.45, 2.75) is 25.7 Å². The molecule has 0 bridgehead atoms. The summed E-state index contributed by atoms with van der Waals surface area (Å²) < 4.78 is 4.70. The molecule has 6 heteroatoms. The monoisotopic (exact) mass is 291 g/mol. The molecule has 1 aromatic rings. The molecule has 2 rings (SSSR count). The Hall–Kier alpha value is -2.08. The zero-order valence-electron chi connectivity index (χ0n) is 12.2. The zero-order valence-corrected chi connectivity index (χ0v) is 12.2. The molecule has 1 aliphatic heterocycles. The number of nitrogens with zero attached hydrogens (tertiary/aromatic N) is 1. The zero-order chi connectivity index (χ0) is 15.1. The number of hydrazine groups is 1. The second-order valence-corrected chi connectivity index (χ2v) is 5.00. The first-order valence-electron chi connectivity index (χ1n) is 7.20. The highest BCUT2D eigenvalue weighted by Crippen LogP contribution is 2.16. The lowest BCUT2D eigenvalue weighted by atomic mass is 10.2. The number of amides is 2. The fraction of sp³-hybridized carbons (Fsp3) is 0.467. The maximum atomic E-state index is 12.0. The van der Waals surface area contributed by atoms with E-state index in [9.17, 15) is 9.59 Å². The topological polar surface area (TPSA) is 70.7 Å². The van der Waals surface area contributed by atoms with Crippen LogP contribution in [0.5, 0.6) is 0 Å². The molecule has 1 saturated heterocycles. The molecule has 0 aliphatic carbocycles. The Morgan fingerprint density at radius 2 is 1.76 bits per heavy atom. The Bertz CT molecular complexity index is 497. The average molecular weight is 291 g/mol. The van der Waals surface area contributed by atoms with Crippen molar-refractivity contribution < 1.29 is 14.3 Å². The van der Waals surface area contributed by atoms with Gasteiger partial charge in [-0.3, -0.25) is 5.43 Å². The van der Waals surface area contributed by atoms with Crippen molar-refractivity contribution in [3.63, 3.8) is 0 Å². The summed E-state index contributed by atoms with van der Waals surface area (Å²) in [6.45, 7) is 1.71. The number of benzene rings is 1. The lowest BCUT2D eigenvalue weighted by Crippen LogP contribution is -2.45. The fourth-order valence-corrected chi connectivity index (χ4v) is 2.36. The first-order chi connectivity index (χ1) is 10.2. The average Bonchev–Trinajstić information content (AvgIpc) is 2.75. The molecule has 0 saturated carbocycles. The van der Waals surface area contributed by atoms with Gasteiger partial charge in [0.25, 0.3) is 0 Å². The Morgan fingerprint density at radius 1 is 1.10 bits per heavy atom. The maximum Gasteiger partial charge on any atom is 0.339 e. The van der Waals surface area contributed by atoms with Crippen LogP contribution in [0, 0.1) is 0 Å². The molecule has 1 heterocycles. The number of rotatable bonds is 3. The molecule has 0 aromatic heterocycles. The number of para-hydroxylation sites is 1. The van der Waals surface area contributed by atoms with Gasteiger partial charge in [0.1, 0.15) is 0 Å². The number of hydrogen-bond acceptors (Lipinski definition) is 4. The molecule has 2 amide bonds. The second kappa shape index (κ2) is 7.64. The second-order valence-electron chi connectivity index (χ2n) is 5.00. The molecule has 0 atom stereocenters. The van der Waals surface area contributed by atoms with Crippen LogP contribution in [-0.4, -0.2) is 37.2 Å². The molecule has 0 spiro atoms. The van der Waals surface area contributed by atoms with Crippen LogP contribution in [0.25, 0.3) is 0 Å². The maximum absolute atomic E-state index is 12.0. The predicted octanol–water partition coefficient (Wildman–Crippen LogP) is 2.39. The summed E-state index contributed by atoms with van der Waals surface area (Å²) in [4.78, 5) is 23.7. The van der Waals surface area contributed by atoms with Crippen molar-refractivity contribution in [3.8, 4) is 0 Å². The van der Waals surface area contributed by atoms with E-state index in [0.717, 1.165) is 25.9 Å². The van der Waals surface area contributed by atoms with Crippen LogP contribution in [0.15, 0.2) is 24.3 Å². The summed E-state index contributed by atoms with van der Waals surface area (Å²) in [7, 11) is 1.32. The van der Waals surface area contributed by atoms with Crippen LogP contribution in [0.2, 0.25) is 0 Å². The van der Waals surface area contributed by atoms with Gasteiger partial charge in [-0.1, -0.05) is 25.0 Å². The number of carbonyl (C=O) groups is 2. The van der Waals surface area contributed by atoms with E-state index in [1.165, 1.54) is 20.0 Å². The smallest absolute Gasteiger partial charge is 0.339 e. The van der Waals surface area contributed by atoms with Crippen molar-refractivity contribution in [1.82, 2.24) is 10.4 Å². The van der Waals surface area contributed by atoms with Crippen LogP contribution >= 0.6 is 0 Å². The summed E-state index contributed by atoms with van der Waals surface area (Å²) in [5.41, 5.74) is 3.60. The number of urea groups is 1. The molecule has 1 aliphatic rings. The minimum atomic E-state index is -0.472. The summed E-state index contributed by atoms with van der Waals surface area (Å²) in [5.74, 6) is -0.472. The van der Waals surface area contributed by atoms with E-state index in [1.54, 1.807) is 24.3 Å². The third-order valence-corrected chi connectivity index (χ3v) is 3.45. The van der Waals surface area contributed by atoms with Gasteiger partial charge in [-0.2, -0.15) is 0 Å². The van der Waals surface area contributed by atoms with Crippen molar-refractivity contribution in [3.05, 3.63) is 29.8 Å². The lowest BCUT2D eigenvalue weighted by Gasteiger charge is -2.21. The quantitative estimate of drug-likeness (QED) is 0.839. The normalized spacial score (nSPS) is 15.9. The summed E-state index contributed by atoms with van der Waals surface area (Å²) in [6.07, 6.45) is 4.56. The third kappa shape index (κ3) is 4.46. The summed E-state index contributed by atoms with van der Waals surface area (Å²) >= 11 is 0. The van der Waals surface area contributed by atoms with E-state index in [2.05, 4.69) is 10.7 Å². The van der Waals surface area contributed by atoms with Crippen molar-refractivity contribution in [1.29, 1.82) is 0 Å². The number of carbonyl (C=O) groups excluding carboxylic acids is 2. The van der Waals surface area contributed by atoms with Crippen molar-refractivity contribution in [2.24, 2.45) is 0 Å². The van der Waals surface area contributed by atoms with Gasteiger partial charge in [0.2, 0.25) is 0 Å². The Labute approximate surface area is 124 Å². The van der Waals surface area contributed by atoms with Gasteiger partial charge in [0.05, 0.1) is 18.4 Å². The molecule has 114 valence electrons. The van der Waals surface area contributed by atoms with Crippen LogP contribution < -0.4 is 10.7 Å². The summed E-state index contributed by atoms with van der Waals surface area (Å²) in [5, 5.41) is 4.62. The summed E-state index contributed by atoms with van der Waals surface area (Å²) in [6, 6.07) is 6.44. The number of nitrogens with one attached hydrogen (secondary N) is 2. The van der Waals surface area contributed by atoms with Crippen LogP contribution in [0.4, 0.5) is 10.5 Å². The van der Waals surface area contributed by atoms with Gasteiger partial charge in [-0.25, -0.2) is 14.6 Å². The standard InChI is InChI=1S/C15H21N3O3/c1-21-14(19)12-8-4-5-9-13(12)16-15(20)17-18-10-6-2-3-7-11-18/h4-5,8-9H,2-3,6-7,10-11H2,1H3,(H2,16,17,20). The number of hydrogen-bond donors (Lipinski definition) is 2. The highest BCUT2D eigenvalue weighted by Gasteiger charge is 2.15. The Morgan fingerprint density at radius 3 is 2.43 bits per heavy atom. The molecule has 6 nitrogen and oxygen atoms in total. The predicted molar refractivity (Wildman–Crippen MR) is 80.0 cm³/mol. The molecular weight excluding hydrogens is 270 g/mol. The molecule has 0 radical (unpaired) electrons. The van der Waals surface area contributed by atoms with E-state index in [1.807, 2.05) is 5.01 Å². The first kappa shape index (κ1) is 15.3. The molecular formula is C15H21N3O3. The highest BCUT2D eigenvalue weighted by atomic mass is 16.5. The van der Waals surface area contributed by atoms with Gasteiger partial charge < -0.3 is 10.1 Å². The van der Waals surface area contributed by atoms with Crippen LogP contribution in [0.1, 0.15) is 36.0 Å². The minimum absolute atomic E-state index is 0.339. The Balaban J connectivity index is 1.97. The molecule has 21 heavy (non-hydrogen) atoms. The molecule has 1 aromatic carbocycles. The van der Waals surface area contributed by atoms with Crippen molar-refractivity contribution >= 4 is 17.7 Å². The van der Waals surface area contributed by atoms with Gasteiger partial charge in [-0.15, -0.1) is 0 Å². The minimum Gasteiger partial charge on any atom is -0.465 e. The van der Waals surface area contributed by atoms with Crippen molar-refractivity contribution in [2.75, 3.05) is 25.5 Å².